The van der Waals surface area contributed by atoms with Crippen LogP contribution in [-0.4, -0.2) is 20.3 Å². The summed E-state index contributed by atoms with van der Waals surface area (Å²) >= 11 is 0. The Morgan fingerprint density at radius 3 is 2.56 bits per heavy atom. The molecule has 0 amide bonds. The van der Waals surface area contributed by atoms with E-state index in [-0.39, 0.29) is 18.7 Å². The van der Waals surface area contributed by atoms with Crippen LogP contribution in [0.4, 0.5) is 17.6 Å². The number of hydrogen-bond donors (Lipinski definition) is 1. The number of benzene rings is 1. The molecule has 18 heavy (non-hydrogen) atoms. The average Bonchev–Trinajstić information content (AvgIpc) is 2.29. The Morgan fingerprint density at radius 1 is 1.22 bits per heavy atom. The van der Waals surface area contributed by atoms with Crippen molar-refractivity contribution in [2.75, 3.05) is 20.3 Å². The monoisotopic (exact) mass is 267 g/mol. The molecule has 0 spiro atoms. The number of alkyl halides is 3. The first-order chi connectivity index (χ1) is 8.45. The third-order valence-corrected chi connectivity index (χ3v) is 2.13. The second kappa shape index (κ2) is 6.67. The summed E-state index contributed by atoms with van der Waals surface area (Å²) in [6.07, 6.45) is -4.59. The van der Waals surface area contributed by atoms with Crippen LogP contribution in [0.2, 0.25) is 0 Å². The number of rotatable bonds is 6. The molecular formula is C11H13F4NO2. The Labute approximate surface area is 102 Å². The SMILES string of the molecule is COCCONCc1ccc(F)cc1C(F)(F)F. The molecule has 7 heteroatoms. The van der Waals surface area contributed by atoms with Gasteiger partial charge < -0.3 is 4.74 Å². The lowest BCUT2D eigenvalue weighted by atomic mass is 10.1. The predicted molar refractivity (Wildman–Crippen MR) is 56.1 cm³/mol. The fourth-order valence-corrected chi connectivity index (χ4v) is 1.29. The average molecular weight is 267 g/mol. The van der Waals surface area contributed by atoms with Crippen LogP contribution in [0.15, 0.2) is 18.2 Å². The second-order valence-corrected chi connectivity index (χ2v) is 3.46. The highest BCUT2D eigenvalue weighted by atomic mass is 19.4. The fourth-order valence-electron chi connectivity index (χ4n) is 1.29. The van der Waals surface area contributed by atoms with Crippen molar-refractivity contribution in [3.8, 4) is 0 Å². The van der Waals surface area contributed by atoms with E-state index in [2.05, 4.69) is 5.48 Å². The predicted octanol–water partition coefficient (Wildman–Crippen LogP) is 2.51. The van der Waals surface area contributed by atoms with Gasteiger partial charge in [0.15, 0.2) is 0 Å². The highest BCUT2D eigenvalue weighted by molar-refractivity contribution is 5.30. The molecule has 0 aliphatic carbocycles. The van der Waals surface area contributed by atoms with Crippen molar-refractivity contribution in [1.29, 1.82) is 0 Å². The third-order valence-electron chi connectivity index (χ3n) is 2.13. The summed E-state index contributed by atoms with van der Waals surface area (Å²) < 4.78 is 55.3. The molecule has 3 nitrogen and oxygen atoms in total. The summed E-state index contributed by atoms with van der Waals surface area (Å²) in [4.78, 5) is 4.84. The van der Waals surface area contributed by atoms with Gasteiger partial charge in [0.2, 0.25) is 0 Å². The first-order valence-electron chi connectivity index (χ1n) is 5.14. The zero-order chi connectivity index (χ0) is 13.6. The van der Waals surface area contributed by atoms with Gasteiger partial charge in [0.1, 0.15) is 5.82 Å². The van der Waals surface area contributed by atoms with E-state index in [9.17, 15) is 17.6 Å². The maximum atomic E-state index is 12.8. The van der Waals surface area contributed by atoms with Gasteiger partial charge in [0, 0.05) is 13.7 Å². The molecule has 0 bridgehead atoms. The van der Waals surface area contributed by atoms with Gasteiger partial charge in [-0.3, -0.25) is 4.84 Å². The number of nitrogens with one attached hydrogen (secondary N) is 1. The number of ether oxygens (including phenoxy) is 1. The molecule has 1 rings (SSSR count). The quantitative estimate of drug-likeness (QED) is 0.488. The Balaban J connectivity index is 2.65. The summed E-state index contributed by atoms with van der Waals surface area (Å²) in [5, 5.41) is 0. The summed E-state index contributed by atoms with van der Waals surface area (Å²) in [6.45, 7) is 0.362. The van der Waals surface area contributed by atoms with Crippen molar-refractivity contribution < 1.29 is 27.1 Å². The Hall–Kier alpha value is -1.18. The van der Waals surface area contributed by atoms with Gasteiger partial charge in [-0.2, -0.15) is 18.7 Å². The van der Waals surface area contributed by atoms with E-state index in [1.807, 2.05) is 0 Å². The number of hydroxylamine groups is 1. The first-order valence-corrected chi connectivity index (χ1v) is 5.14. The summed E-state index contributed by atoms with van der Waals surface area (Å²) in [6, 6.07) is 2.51. The van der Waals surface area contributed by atoms with Crippen LogP contribution in [0.3, 0.4) is 0 Å². The Bertz CT molecular complexity index is 382. The molecule has 0 aromatic heterocycles. The van der Waals surface area contributed by atoms with Gasteiger partial charge in [-0.05, 0) is 17.7 Å². The normalized spacial score (nSPS) is 11.8. The maximum absolute atomic E-state index is 12.8. The Morgan fingerprint density at radius 2 is 1.94 bits per heavy atom. The second-order valence-electron chi connectivity index (χ2n) is 3.46. The summed E-state index contributed by atoms with van der Waals surface area (Å²) in [5.74, 6) is -0.925. The van der Waals surface area contributed by atoms with Crippen molar-refractivity contribution in [2.45, 2.75) is 12.7 Å². The van der Waals surface area contributed by atoms with Gasteiger partial charge in [-0.25, -0.2) is 4.39 Å². The van der Waals surface area contributed by atoms with Gasteiger partial charge in [0.25, 0.3) is 0 Å². The van der Waals surface area contributed by atoms with E-state index >= 15 is 0 Å². The van der Waals surface area contributed by atoms with Crippen LogP contribution in [0, 0.1) is 5.82 Å². The third kappa shape index (κ3) is 4.59. The van der Waals surface area contributed by atoms with Crippen LogP contribution >= 0.6 is 0 Å². The molecule has 0 fully saturated rings. The van der Waals surface area contributed by atoms with Crippen LogP contribution in [0.25, 0.3) is 0 Å². The first kappa shape index (κ1) is 14.9. The van der Waals surface area contributed by atoms with Crippen LogP contribution in [-0.2, 0) is 22.3 Å². The van der Waals surface area contributed by atoms with E-state index in [0.29, 0.717) is 12.7 Å². The number of halogens is 4. The van der Waals surface area contributed by atoms with Gasteiger partial charge >= 0.3 is 6.18 Å². The van der Waals surface area contributed by atoms with Crippen molar-refractivity contribution in [2.24, 2.45) is 0 Å². The van der Waals surface area contributed by atoms with Crippen LogP contribution in [0.1, 0.15) is 11.1 Å². The van der Waals surface area contributed by atoms with E-state index in [1.54, 1.807) is 0 Å². The van der Waals surface area contributed by atoms with Crippen molar-refractivity contribution in [3.05, 3.63) is 35.1 Å². The molecule has 1 aromatic carbocycles. The van der Waals surface area contributed by atoms with Gasteiger partial charge in [0.05, 0.1) is 18.8 Å². The Kier molecular flexibility index (Phi) is 5.52. The zero-order valence-corrected chi connectivity index (χ0v) is 9.68. The highest BCUT2D eigenvalue weighted by Gasteiger charge is 2.33. The molecule has 0 saturated carbocycles. The van der Waals surface area contributed by atoms with Gasteiger partial charge in [-0.15, -0.1) is 0 Å². The van der Waals surface area contributed by atoms with E-state index < -0.39 is 17.6 Å². The summed E-state index contributed by atoms with van der Waals surface area (Å²) in [7, 11) is 1.48. The largest absolute Gasteiger partial charge is 0.416 e. The molecule has 1 aromatic rings. The smallest absolute Gasteiger partial charge is 0.382 e. The molecule has 0 atom stereocenters. The lowest BCUT2D eigenvalue weighted by Gasteiger charge is -2.13. The standard InChI is InChI=1S/C11H13F4NO2/c1-17-4-5-18-16-7-8-2-3-9(12)6-10(8)11(13,14)15/h2-3,6,16H,4-5,7H2,1H3. The molecule has 102 valence electrons. The van der Waals surface area contributed by atoms with Crippen molar-refractivity contribution in [1.82, 2.24) is 5.48 Å². The minimum absolute atomic E-state index is 0.0821. The van der Waals surface area contributed by atoms with Crippen LogP contribution < -0.4 is 5.48 Å². The minimum Gasteiger partial charge on any atom is -0.382 e. The van der Waals surface area contributed by atoms with E-state index in [1.165, 1.54) is 7.11 Å². The molecule has 0 heterocycles. The molecule has 1 N–H and O–H groups in total. The molecule has 0 aliphatic rings. The molecule has 0 aliphatic heterocycles. The lowest BCUT2D eigenvalue weighted by molar-refractivity contribution is -0.138. The molecular weight excluding hydrogens is 254 g/mol. The van der Waals surface area contributed by atoms with Crippen molar-refractivity contribution in [3.63, 3.8) is 0 Å². The zero-order valence-electron chi connectivity index (χ0n) is 9.68. The van der Waals surface area contributed by atoms with Crippen LogP contribution in [0.5, 0.6) is 0 Å². The maximum Gasteiger partial charge on any atom is 0.416 e. The van der Waals surface area contributed by atoms with E-state index in [4.69, 9.17) is 9.57 Å². The topological polar surface area (TPSA) is 30.5 Å². The lowest BCUT2D eigenvalue weighted by Crippen LogP contribution is -2.20. The molecule has 0 unspecified atom stereocenters. The number of hydrogen-bond acceptors (Lipinski definition) is 3. The van der Waals surface area contributed by atoms with E-state index in [0.717, 1.165) is 12.1 Å². The van der Waals surface area contributed by atoms with Gasteiger partial charge in [-0.1, -0.05) is 6.07 Å². The fraction of sp³-hybridized carbons (Fsp3) is 0.455. The summed E-state index contributed by atoms with van der Waals surface area (Å²) in [5.41, 5.74) is 1.27. The minimum atomic E-state index is -4.59. The highest BCUT2D eigenvalue weighted by Crippen LogP contribution is 2.32. The molecule has 0 radical (unpaired) electrons. The van der Waals surface area contributed by atoms with Crippen molar-refractivity contribution >= 4 is 0 Å². The number of methoxy groups -OCH3 is 1. The molecule has 0 saturated heterocycles.